The number of benzene rings is 1. The lowest BCUT2D eigenvalue weighted by molar-refractivity contribution is 0.492. The molecule has 1 N–H and O–H groups in total. The van der Waals surface area contributed by atoms with E-state index in [-0.39, 0.29) is 0 Å². The maximum atomic E-state index is 5.94. The maximum absolute atomic E-state index is 5.94. The highest BCUT2D eigenvalue weighted by atomic mass is 35.5. The van der Waals surface area contributed by atoms with Crippen LogP contribution in [0.15, 0.2) is 30.6 Å². The molecule has 2 aromatic rings. The van der Waals surface area contributed by atoms with Crippen LogP contribution in [-0.4, -0.2) is 21.3 Å². The molecular weight excluding hydrogens is 272 g/mol. The predicted octanol–water partition coefficient (Wildman–Crippen LogP) is 3.14. The molecular formula is C15H21ClN4. The predicted molar refractivity (Wildman–Crippen MR) is 81.8 cm³/mol. The Hall–Kier alpha value is -1.39. The van der Waals surface area contributed by atoms with Crippen molar-refractivity contribution in [3.05, 3.63) is 47.0 Å². The zero-order valence-electron chi connectivity index (χ0n) is 12.0. The van der Waals surface area contributed by atoms with Crippen molar-refractivity contribution < 1.29 is 0 Å². The van der Waals surface area contributed by atoms with Gasteiger partial charge in [0.15, 0.2) is 0 Å². The van der Waals surface area contributed by atoms with Crippen LogP contribution >= 0.6 is 11.6 Å². The maximum Gasteiger partial charge on any atom is 0.133 e. The quantitative estimate of drug-likeness (QED) is 0.852. The molecule has 0 saturated carbocycles. The van der Waals surface area contributed by atoms with Gasteiger partial charge in [0.1, 0.15) is 12.2 Å². The van der Waals surface area contributed by atoms with Gasteiger partial charge in [0.2, 0.25) is 0 Å². The van der Waals surface area contributed by atoms with Gasteiger partial charge in [0, 0.05) is 31.1 Å². The van der Waals surface area contributed by atoms with Crippen LogP contribution in [0.25, 0.3) is 0 Å². The van der Waals surface area contributed by atoms with Crippen molar-refractivity contribution in [1.29, 1.82) is 0 Å². The minimum absolute atomic E-state index is 0.366. The molecule has 0 aliphatic rings. The van der Waals surface area contributed by atoms with Gasteiger partial charge >= 0.3 is 0 Å². The Morgan fingerprint density at radius 3 is 2.65 bits per heavy atom. The minimum atomic E-state index is 0.366. The second-order valence-corrected chi connectivity index (χ2v) is 5.39. The molecule has 0 spiro atoms. The SMILES string of the molecule is CCCC(NCCc1nncn1C)c1ccc(Cl)cc1. The number of halogens is 1. The standard InChI is InChI=1S/C15H21ClN4/c1-3-4-14(12-5-7-13(16)8-6-12)17-10-9-15-19-18-11-20(15)2/h5-8,11,14,17H,3-4,9-10H2,1-2H3. The van der Waals surface area contributed by atoms with Crippen molar-refractivity contribution in [3.63, 3.8) is 0 Å². The van der Waals surface area contributed by atoms with Crippen LogP contribution in [0, 0.1) is 0 Å². The Kier molecular flexibility index (Phi) is 5.56. The Labute approximate surface area is 125 Å². The number of aryl methyl sites for hydroxylation is 1. The molecule has 108 valence electrons. The number of nitrogens with zero attached hydrogens (tertiary/aromatic N) is 3. The van der Waals surface area contributed by atoms with Gasteiger partial charge < -0.3 is 9.88 Å². The first-order valence-electron chi connectivity index (χ1n) is 7.02. The topological polar surface area (TPSA) is 42.7 Å². The first-order valence-corrected chi connectivity index (χ1v) is 7.40. The van der Waals surface area contributed by atoms with Gasteiger partial charge in [-0.25, -0.2) is 0 Å². The van der Waals surface area contributed by atoms with Crippen LogP contribution in [0.4, 0.5) is 0 Å². The molecule has 0 aliphatic carbocycles. The highest BCUT2D eigenvalue weighted by molar-refractivity contribution is 6.30. The van der Waals surface area contributed by atoms with E-state index in [9.17, 15) is 0 Å². The summed E-state index contributed by atoms with van der Waals surface area (Å²) in [6.07, 6.45) is 4.87. The molecule has 1 heterocycles. The van der Waals surface area contributed by atoms with E-state index in [1.807, 2.05) is 23.7 Å². The van der Waals surface area contributed by atoms with Gasteiger partial charge in [-0.15, -0.1) is 10.2 Å². The van der Waals surface area contributed by atoms with E-state index in [1.54, 1.807) is 6.33 Å². The Morgan fingerprint density at radius 2 is 2.05 bits per heavy atom. The largest absolute Gasteiger partial charge is 0.321 e. The molecule has 4 nitrogen and oxygen atoms in total. The van der Waals surface area contributed by atoms with E-state index < -0.39 is 0 Å². The third-order valence-electron chi connectivity index (χ3n) is 3.39. The number of rotatable bonds is 7. The van der Waals surface area contributed by atoms with Gasteiger partial charge in [0.05, 0.1) is 0 Å². The van der Waals surface area contributed by atoms with Crippen molar-refractivity contribution in [1.82, 2.24) is 20.1 Å². The van der Waals surface area contributed by atoms with Crippen LogP contribution in [0.2, 0.25) is 5.02 Å². The third kappa shape index (κ3) is 4.05. The lowest BCUT2D eigenvalue weighted by Gasteiger charge is -2.18. The van der Waals surface area contributed by atoms with Crippen LogP contribution in [-0.2, 0) is 13.5 Å². The van der Waals surface area contributed by atoms with Gasteiger partial charge in [-0.1, -0.05) is 37.1 Å². The van der Waals surface area contributed by atoms with E-state index in [1.165, 1.54) is 5.56 Å². The summed E-state index contributed by atoms with van der Waals surface area (Å²) in [6, 6.07) is 8.45. The number of hydrogen-bond donors (Lipinski definition) is 1. The van der Waals surface area contributed by atoms with Crippen molar-refractivity contribution in [2.45, 2.75) is 32.2 Å². The lowest BCUT2D eigenvalue weighted by Crippen LogP contribution is -2.24. The molecule has 20 heavy (non-hydrogen) atoms. The third-order valence-corrected chi connectivity index (χ3v) is 3.65. The Morgan fingerprint density at radius 1 is 1.30 bits per heavy atom. The molecule has 2 rings (SSSR count). The normalized spacial score (nSPS) is 12.6. The fourth-order valence-electron chi connectivity index (χ4n) is 2.26. The summed E-state index contributed by atoms with van der Waals surface area (Å²) in [6.45, 7) is 3.09. The molecule has 0 aliphatic heterocycles. The molecule has 1 unspecified atom stereocenters. The number of aromatic nitrogens is 3. The highest BCUT2D eigenvalue weighted by Gasteiger charge is 2.10. The fraction of sp³-hybridized carbons (Fsp3) is 0.467. The van der Waals surface area contributed by atoms with Gasteiger partial charge in [0.25, 0.3) is 0 Å². The molecule has 0 amide bonds. The van der Waals surface area contributed by atoms with Crippen LogP contribution in [0.3, 0.4) is 0 Å². The van der Waals surface area contributed by atoms with Crippen molar-refractivity contribution >= 4 is 11.6 Å². The molecule has 1 aromatic heterocycles. The van der Waals surface area contributed by atoms with Crippen molar-refractivity contribution in [3.8, 4) is 0 Å². The summed E-state index contributed by atoms with van der Waals surface area (Å²) in [5, 5.41) is 12.4. The molecule has 0 saturated heterocycles. The van der Waals surface area contributed by atoms with E-state index in [0.29, 0.717) is 6.04 Å². The number of hydrogen-bond acceptors (Lipinski definition) is 3. The first-order chi connectivity index (χ1) is 9.70. The van der Waals surface area contributed by atoms with Crippen LogP contribution in [0.1, 0.15) is 37.2 Å². The minimum Gasteiger partial charge on any atom is -0.321 e. The summed E-state index contributed by atoms with van der Waals surface area (Å²) < 4.78 is 1.96. The number of nitrogens with one attached hydrogen (secondary N) is 1. The first kappa shape index (κ1) is 15.0. The molecule has 5 heteroatoms. The van der Waals surface area contributed by atoms with Crippen LogP contribution < -0.4 is 5.32 Å². The van der Waals surface area contributed by atoms with Gasteiger partial charge in [-0.2, -0.15) is 0 Å². The molecule has 1 aromatic carbocycles. The molecule has 0 bridgehead atoms. The second-order valence-electron chi connectivity index (χ2n) is 4.96. The summed E-state index contributed by atoms with van der Waals surface area (Å²) in [5.74, 6) is 1.00. The van der Waals surface area contributed by atoms with Crippen molar-refractivity contribution in [2.75, 3.05) is 6.54 Å². The molecule has 1 atom stereocenters. The average molecular weight is 293 g/mol. The van der Waals surface area contributed by atoms with Gasteiger partial charge in [-0.05, 0) is 24.1 Å². The highest BCUT2D eigenvalue weighted by Crippen LogP contribution is 2.20. The smallest absolute Gasteiger partial charge is 0.133 e. The molecule has 0 fully saturated rings. The van der Waals surface area contributed by atoms with Gasteiger partial charge in [-0.3, -0.25) is 0 Å². The van der Waals surface area contributed by atoms with E-state index in [2.05, 4.69) is 34.6 Å². The fourth-order valence-corrected chi connectivity index (χ4v) is 2.39. The summed E-state index contributed by atoms with van der Waals surface area (Å²) in [4.78, 5) is 0. The van der Waals surface area contributed by atoms with E-state index in [4.69, 9.17) is 11.6 Å². The zero-order chi connectivity index (χ0) is 14.4. The zero-order valence-corrected chi connectivity index (χ0v) is 12.8. The lowest BCUT2D eigenvalue weighted by atomic mass is 10.0. The van der Waals surface area contributed by atoms with E-state index >= 15 is 0 Å². The monoisotopic (exact) mass is 292 g/mol. The van der Waals surface area contributed by atoms with Crippen molar-refractivity contribution in [2.24, 2.45) is 7.05 Å². The Balaban J connectivity index is 1.92. The Bertz CT molecular complexity index is 521. The average Bonchev–Trinajstić information content (AvgIpc) is 2.84. The summed E-state index contributed by atoms with van der Waals surface area (Å²) in [7, 11) is 1.97. The van der Waals surface area contributed by atoms with Crippen LogP contribution in [0.5, 0.6) is 0 Å². The van der Waals surface area contributed by atoms with E-state index in [0.717, 1.165) is 36.7 Å². The molecule has 0 radical (unpaired) electrons. The summed E-state index contributed by atoms with van der Waals surface area (Å²) >= 11 is 5.94. The second kappa shape index (κ2) is 7.41. The summed E-state index contributed by atoms with van der Waals surface area (Å²) in [5.41, 5.74) is 1.29.